The molecule has 2 heterocycles. The highest BCUT2D eigenvalue weighted by atomic mass is 16.1. The maximum absolute atomic E-state index is 13.6. The van der Waals surface area contributed by atoms with Crippen LogP contribution in [0.15, 0.2) is 170 Å². The van der Waals surface area contributed by atoms with Crippen molar-refractivity contribution < 1.29 is 4.79 Å². The molecule has 0 aliphatic heterocycles. The average molecular weight is 589 g/mol. The van der Waals surface area contributed by atoms with E-state index in [4.69, 9.17) is 0 Å². The minimum Gasteiger partial charge on any atom is -0.314 e. The fourth-order valence-corrected chi connectivity index (χ4v) is 6.93. The number of benzene rings is 7. The Labute approximate surface area is 266 Å². The van der Waals surface area contributed by atoms with Crippen LogP contribution in [-0.2, 0) is 0 Å². The minimum absolute atomic E-state index is 0.0207. The van der Waals surface area contributed by atoms with Gasteiger partial charge in [0.1, 0.15) is 0 Å². The Balaban J connectivity index is 1.28. The molecule has 3 heteroatoms. The molecule has 0 bridgehead atoms. The minimum atomic E-state index is 0.0207. The monoisotopic (exact) mass is 588 g/mol. The van der Waals surface area contributed by atoms with Crippen molar-refractivity contribution in [3.8, 4) is 22.5 Å². The van der Waals surface area contributed by atoms with Gasteiger partial charge in [-0.15, -0.1) is 0 Å². The molecule has 0 amide bonds. The van der Waals surface area contributed by atoms with Crippen molar-refractivity contribution in [2.24, 2.45) is 0 Å². The summed E-state index contributed by atoms with van der Waals surface area (Å²) in [5.41, 5.74) is 9.26. The van der Waals surface area contributed by atoms with Crippen molar-refractivity contribution in [3.05, 3.63) is 181 Å². The van der Waals surface area contributed by atoms with Crippen molar-refractivity contribution in [2.75, 3.05) is 0 Å². The van der Waals surface area contributed by atoms with Gasteiger partial charge in [0.25, 0.3) is 0 Å². The molecule has 0 radical (unpaired) electrons. The Kier molecular flexibility index (Phi) is 5.97. The van der Waals surface area contributed by atoms with Crippen LogP contribution in [0, 0.1) is 0 Å². The van der Waals surface area contributed by atoms with Crippen LogP contribution in [0.25, 0.3) is 66.0 Å². The van der Waals surface area contributed by atoms with E-state index in [1.54, 1.807) is 0 Å². The highest BCUT2D eigenvalue weighted by molar-refractivity contribution is 6.20. The smallest absolute Gasteiger partial charge is 0.193 e. The quantitative estimate of drug-likeness (QED) is 0.184. The van der Waals surface area contributed by atoms with E-state index in [9.17, 15) is 4.79 Å². The van der Waals surface area contributed by atoms with E-state index in [0.717, 1.165) is 38.7 Å². The lowest BCUT2D eigenvalue weighted by molar-refractivity contribution is 0.103. The Morgan fingerprint density at radius 3 is 1.91 bits per heavy atom. The zero-order valence-corrected chi connectivity index (χ0v) is 25.0. The fraction of sp³-hybridized carbons (Fsp3) is 0. The van der Waals surface area contributed by atoms with E-state index in [1.165, 1.54) is 27.3 Å². The first-order valence-corrected chi connectivity index (χ1v) is 15.6. The number of fused-ring (bicyclic) bond motifs is 6. The summed E-state index contributed by atoms with van der Waals surface area (Å²) >= 11 is 0. The second kappa shape index (κ2) is 10.5. The van der Waals surface area contributed by atoms with E-state index >= 15 is 0 Å². The van der Waals surface area contributed by atoms with E-state index in [0.29, 0.717) is 11.1 Å². The third kappa shape index (κ3) is 4.10. The number of para-hydroxylation sites is 2. The van der Waals surface area contributed by atoms with Crippen LogP contribution in [-0.4, -0.2) is 14.9 Å². The van der Waals surface area contributed by atoms with Crippen LogP contribution in [0.3, 0.4) is 0 Å². The van der Waals surface area contributed by atoms with Gasteiger partial charge in [-0.05, 0) is 64.9 Å². The highest BCUT2D eigenvalue weighted by Crippen LogP contribution is 2.41. The number of ketones is 1. The number of carbonyl (C=O) groups is 1. The predicted octanol–water partition coefficient (Wildman–Crippen LogP) is 10.8. The summed E-state index contributed by atoms with van der Waals surface area (Å²) < 4.78 is 4.68. The van der Waals surface area contributed by atoms with Gasteiger partial charge in [-0.2, -0.15) is 0 Å². The summed E-state index contributed by atoms with van der Waals surface area (Å²) in [7, 11) is 0. The Hall–Kier alpha value is -6.19. The van der Waals surface area contributed by atoms with Gasteiger partial charge in [0.05, 0.1) is 16.6 Å². The van der Waals surface area contributed by atoms with Gasteiger partial charge in [0, 0.05) is 50.4 Å². The molecular formula is C43H28N2O. The maximum atomic E-state index is 13.6. The molecule has 0 aliphatic rings. The SMILES string of the molecule is O=C(c1ccc(-n2c3ccccc3c3ccc4c(-c5ccccc5)cn(-c5ccccc5)c4c32)cc1)c1ccc2ccccc2c1. The Bertz CT molecular complexity index is 2570. The van der Waals surface area contributed by atoms with Crippen LogP contribution in [0.2, 0.25) is 0 Å². The number of aromatic nitrogens is 2. The lowest BCUT2D eigenvalue weighted by Crippen LogP contribution is -2.02. The maximum Gasteiger partial charge on any atom is 0.193 e. The summed E-state index contributed by atoms with van der Waals surface area (Å²) in [6, 6.07) is 56.4. The largest absolute Gasteiger partial charge is 0.314 e. The zero-order valence-electron chi connectivity index (χ0n) is 25.0. The summed E-state index contributed by atoms with van der Waals surface area (Å²) in [6.07, 6.45) is 2.27. The Morgan fingerprint density at radius 1 is 0.457 bits per heavy atom. The molecule has 9 aromatic rings. The van der Waals surface area contributed by atoms with Crippen LogP contribution >= 0.6 is 0 Å². The number of hydrogen-bond donors (Lipinski definition) is 0. The van der Waals surface area contributed by atoms with Gasteiger partial charge in [-0.1, -0.05) is 115 Å². The molecular weight excluding hydrogens is 560 g/mol. The summed E-state index contributed by atoms with van der Waals surface area (Å²) in [6.45, 7) is 0. The fourth-order valence-electron chi connectivity index (χ4n) is 6.93. The Morgan fingerprint density at radius 2 is 1.11 bits per heavy atom. The number of carbonyl (C=O) groups excluding carboxylic acids is 1. The molecule has 0 saturated heterocycles. The van der Waals surface area contributed by atoms with Crippen LogP contribution in [0.4, 0.5) is 0 Å². The molecule has 0 N–H and O–H groups in total. The zero-order chi connectivity index (χ0) is 30.6. The molecule has 0 unspecified atom stereocenters. The molecule has 216 valence electrons. The third-order valence-corrected chi connectivity index (χ3v) is 9.12. The van der Waals surface area contributed by atoms with Crippen LogP contribution in [0.1, 0.15) is 15.9 Å². The van der Waals surface area contributed by atoms with Gasteiger partial charge in [-0.25, -0.2) is 0 Å². The van der Waals surface area contributed by atoms with Gasteiger partial charge in [0.2, 0.25) is 0 Å². The first kappa shape index (κ1) is 26.2. The first-order chi connectivity index (χ1) is 22.7. The predicted molar refractivity (Wildman–Crippen MR) is 190 cm³/mol. The lowest BCUT2D eigenvalue weighted by atomic mass is 10.00. The van der Waals surface area contributed by atoms with E-state index < -0.39 is 0 Å². The molecule has 0 atom stereocenters. The van der Waals surface area contributed by atoms with Crippen molar-refractivity contribution >= 4 is 49.3 Å². The average Bonchev–Trinajstić information content (AvgIpc) is 3.68. The molecule has 7 aromatic carbocycles. The molecule has 3 nitrogen and oxygen atoms in total. The van der Waals surface area contributed by atoms with Gasteiger partial charge >= 0.3 is 0 Å². The topological polar surface area (TPSA) is 26.9 Å². The van der Waals surface area contributed by atoms with E-state index in [2.05, 4.69) is 131 Å². The summed E-state index contributed by atoms with van der Waals surface area (Å²) in [5, 5.41) is 5.76. The van der Waals surface area contributed by atoms with Crippen molar-refractivity contribution in [3.63, 3.8) is 0 Å². The van der Waals surface area contributed by atoms with Gasteiger partial charge in [-0.3, -0.25) is 4.79 Å². The highest BCUT2D eigenvalue weighted by Gasteiger charge is 2.21. The van der Waals surface area contributed by atoms with Gasteiger partial charge < -0.3 is 9.13 Å². The molecule has 0 spiro atoms. The molecule has 9 rings (SSSR count). The van der Waals surface area contributed by atoms with E-state index in [-0.39, 0.29) is 5.78 Å². The molecule has 0 aliphatic carbocycles. The molecule has 46 heavy (non-hydrogen) atoms. The first-order valence-electron chi connectivity index (χ1n) is 15.6. The van der Waals surface area contributed by atoms with Crippen LogP contribution in [0.5, 0.6) is 0 Å². The number of rotatable bonds is 5. The van der Waals surface area contributed by atoms with Crippen molar-refractivity contribution in [1.29, 1.82) is 0 Å². The molecule has 0 saturated carbocycles. The second-order valence-corrected chi connectivity index (χ2v) is 11.8. The summed E-state index contributed by atoms with van der Waals surface area (Å²) in [5.74, 6) is 0.0207. The second-order valence-electron chi connectivity index (χ2n) is 11.8. The van der Waals surface area contributed by atoms with E-state index in [1.807, 2.05) is 48.5 Å². The lowest BCUT2D eigenvalue weighted by Gasteiger charge is -2.12. The van der Waals surface area contributed by atoms with Gasteiger partial charge in [0.15, 0.2) is 5.78 Å². The number of nitrogens with zero attached hydrogens (tertiary/aromatic N) is 2. The number of hydrogen-bond acceptors (Lipinski definition) is 1. The van der Waals surface area contributed by atoms with Crippen molar-refractivity contribution in [2.45, 2.75) is 0 Å². The normalized spacial score (nSPS) is 11.6. The van der Waals surface area contributed by atoms with Crippen LogP contribution < -0.4 is 0 Å². The third-order valence-electron chi connectivity index (χ3n) is 9.12. The standard InChI is InChI=1S/C43H28N2O/c46-43(33-20-19-29-11-7-8-14-32(29)27-33)31-21-23-35(24-22-31)45-40-18-10-9-17-36(40)37-25-26-38-39(30-12-3-1-4-13-30)28-44(41(38)42(37)45)34-15-5-2-6-16-34/h1-28H. The molecule has 2 aromatic heterocycles. The molecule has 0 fully saturated rings. The van der Waals surface area contributed by atoms with Crippen molar-refractivity contribution in [1.82, 2.24) is 9.13 Å². The summed E-state index contributed by atoms with van der Waals surface area (Å²) in [4.78, 5) is 13.6.